The third kappa shape index (κ3) is 12.1. The minimum absolute atomic E-state index is 0.0152. The molecule has 1 fully saturated rings. The van der Waals surface area contributed by atoms with E-state index in [2.05, 4.69) is 45.1 Å². The molecule has 11 heteroatoms. The van der Waals surface area contributed by atoms with Gasteiger partial charge in [-0.05, 0) is 89.6 Å². The van der Waals surface area contributed by atoms with Crippen LogP contribution in [0.4, 0.5) is 5.69 Å². The summed E-state index contributed by atoms with van der Waals surface area (Å²) in [6.07, 6.45) is 4.63. The fraction of sp³-hybridized carbons (Fsp3) is 0.286. The highest BCUT2D eigenvalue weighted by Crippen LogP contribution is 2.34. The molecule has 0 radical (unpaired) electrons. The number of anilines is 1. The number of hydrogen-bond acceptors (Lipinski definition) is 10. The first-order chi connectivity index (χ1) is 29.3. The second-order valence-corrected chi connectivity index (χ2v) is 14.8. The van der Waals surface area contributed by atoms with Crippen molar-refractivity contribution in [2.45, 2.75) is 50.5 Å². The summed E-state index contributed by atoms with van der Waals surface area (Å²) in [4.78, 5) is 40.1. The van der Waals surface area contributed by atoms with E-state index in [1.807, 2.05) is 72.8 Å². The molecule has 0 saturated carbocycles. The number of aliphatic hydroxyl groups excluding tert-OH is 1. The Balaban J connectivity index is 0.942. The number of carbonyl (C=O) groups excluding carboxylic acids is 3. The molecule has 1 aliphatic rings. The highest BCUT2D eigenvalue weighted by Gasteiger charge is 2.29. The number of aliphatic hydroxyl groups is 1. The predicted octanol–water partition coefficient (Wildman–Crippen LogP) is 7.01. The molecular formula is C49H54N4O7. The van der Waals surface area contributed by atoms with Crippen molar-refractivity contribution in [3.05, 3.63) is 166 Å². The van der Waals surface area contributed by atoms with Gasteiger partial charge >= 0.3 is 5.97 Å². The largest absolute Gasteiger partial charge is 0.506 e. The number of esters is 1. The van der Waals surface area contributed by atoms with Crippen LogP contribution in [0.3, 0.4) is 0 Å². The van der Waals surface area contributed by atoms with Crippen LogP contribution in [-0.4, -0.2) is 79.2 Å². The summed E-state index contributed by atoms with van der Waals surface area (Å²) < 4.78 is 12.3. The number of rotatable bonds is 20. The number of phenols is 1. The number of benzene rings is 5. The molecular weight excluding hydrogens is 757 g/mol. The van der Waals surface area contributed by atoms with Crippen molar-refractivity contribution in [1.29, 1.82) is 0 Å². The second-order valence-electron chi connectivity index (χ2n) is 14.8. The van der Waals surface area contributed by atoms with Crippen molar-refractivity contribution in [3.63, 3.8) is 0 Å². The van der Waals surface area contributed by atoms with Crippen LogP contribution in [0.5, 0.6) is 11.5 Å². The number of carbonyl (C=O) groups is 3. The quantitative estimate of drug-likeness (QED) is 0.0183. The van der Waals surface area contributed by atoms with Crippen LogP contribution in [0.25, 0.3) is 6.08 Å². The van der Waals surface area contributed by atoms with Gasteiger partial charge < -0.3 is 35.6 Å². The fourth-order valence-electron chi connectivity index (χ4n) is 7.45. The lowest BCUT2D eigenvalue weighted by molar-refractivity contribution is -0.152. The number of ether oxygens (including phenoxy) is 2. The summed E-state index contributed by atoms with van der Waals surface area (Å²) in [6, 6.07) is 38.1. The highest BCUT2D eigenvalue weighted by atomic mass is 16.5. The molecule has 60 heavy (non-hydrogen) atoms. The van der Waals surface area contributed by atoms with E-state index in [4.69, 9.17) is 9.47 Å². The molecule has 0 bridgehead atoms. The van der Waals surface area contributed by atoms with Crippen molar-refractivity contribution in [3.8, 4) is 11.5 Å². The molecule has 5 N–H and O–H groups in total. The highest BCUT2D eigenvalue weighted by molar-refractivity contribution is 5.94. The van der Waals surface area contributed by atoms with Crippen molar-refractivity contribution in [2.75, 3.05) is 45.2 Å². The zero-order valence-corrected chi connectivity index (χ0v) is 34.0. The van der Waals surface area contributed by atoms with Crippen molar-refractivity contribution < 1.29 is 34.1 Å². The van der Waals surface area contributed by atoms with E-state index in [1.54, 1.807) is 31.3 Å². The van der Waals surface area contributed by atoms with Gasteiger partial charge in [-0.15, -0.1) is 0 Å². The van der Waals surface area contributed by atoms with Gasteiger partial charge in [0.2, 0.25) is 0 Å². The number of likely N-dealkylation sites (tertiary alicyclic amines) is 1. The Bertz CT molecular complexity index is 2170. The van der Waals surface area contributed by atoms with Crippen LogP contribution in [0.2, 0.25) is 0 Å². The SMILES string of the molecule is CNc1c(O)ccc(C(O)CNCc2ccc(C(=O)NCCCOc3cccc(C(C(=O)OC4CCN(Cc5ccccc5)CC4)c4ccccc4)c3)cc2)c1/C=C\C=O. The van der Waals surface area contributed by atoms with E-state index in [0.717, 1.165) is 49.2 Å². The average molecular weight is 811 g/mol. The number of allylic oxidation sites excluding steroid dienone is 1. The molecule has 0 aliphatic carbocycles. The molecule has 312 valence electrons. The van der Waals surface area contributed by atoms with E-state index in [0.29, 0.717) is 60.5 Å². The Hall–Kier alpha value is -6.27. The van der Waals surface area contributed by atoms with Gasteiger partial charge in [0.05, 0.1) is 18.4 Å². The first-order valence-corrected chi connectivity index (χ1v) is 20.5. The molecule has 0 spiro atoms. The van der Waals surface area contributed by atoms with Crippen LogP contribution in [0, 0.1) is 0 Å². The first-order valence-electron chi connectivity index (χ1n) is 20.5. The van der Waals surface area contributed by atoms with Crippen molar-refractivity contribution in [1.82, 2.24) is 15.5 Å². The lowest BCUT2D eigenvalue weighted by Crippen LogP contribution is -2.38. The number of nitrogens with one attached hydrogen (secondary N) is 3. The van der Waals surface area contributed by atoms with E-state index in [-0.39, 0.29) is 30.3 Å². The molecule has 5 aromatic rings. The Labute approximate surface area is 352 Å². The first kappa shape index (κ1) is 43.3. The van der Waals surface area contributed by atoms with Crippen LogP contribution < -0.4 is 20.7 Å². The van der Waals surface area contributed by atoms with Crippen molar-refractivity contribution >= 4 is 29.9 Å². The maximum Gasteiger partial charge on any atom is 0.318 e. The lowest BCUT2D eigenvalue weighted by Gasteiger charge is -2.32. The van der Waals surface area contributed by atoms with Gasteiger partial charge in [0.15, 0.2) is 0 Å². The molecule has 2 unspecified atom stereocenters. The van der Waals surface area contributed by atoms with Gasteiger partial charge in [-0.25, -0.2) is 0 Å². The number of amides is 1. The summed E-state index contributed by atoms with van der Waals surface area (Å²) in [6.45, 7) is 4.10. The second kappa shape index (κ2) is 22.2. The number of aldehydes is 1. The van der Waals surface area contributed by atoms with Crippen molar-refractivity contribution in [2.24, 2.45) is 0 Å². The lowest BCUT2D eigenvalue weighted by atomic mass is 9.91. The summed E-state index contributed by atoms with van der Waals surface area (Å²) in [5.41, 5.74) is 5.91. The van der Waals surface area contributed by atoms with Crippen LogP contribution in [-0.2, 0) is 27.4 Å². The molecule has 1 aliphatic heterocycles. The zero-order valence-electron chi connectivity index (χ0n) is 34.0. The average Bonchev–Trinajstić information content (AvgIpc) is 3.27. The molecule has 1 amide bonds. The number of piperidine rings is 1. The normalized spacial score (nSPS) is 14.3. The van der Waals surface area contributed by atoms with E-state index >= 15 is 0 Å². The standard InChI is InChI=1S/C49H54N4O7/c1-50-47-43(17-9-29-54)42(22-23-44(47)55)45(56)33-51-32-35-18-20-38(21-19-35)48(57)52-26-10-30-59-41-16-8-15-39(31-41)46(37-13-6-3-7-14-37)49(58)60-40-24-27-53(28-25-40)34-36-11-4-2-5-12-36/h2-9,11-23,29,31,40,45-46,50-51,55-56H,10,24-28,30,32-34H2,1H3,(H,52,57)/b17-9-. The summed E-state index contributed by atoms with van der Waals surface area (Å²) >= 11 is 0. The van der Waals surface area contributed by atoms with E-state index < -0.39 is 12.0 Å². The van der Waals surface area contributed by atoms with Crippen LogP contribution in [0.15, 0.2) is 127 Å². The monoisotopic (exact) mass is 810 g/mol. The molecule has 6 rings (SSSR count). The number of phenolic OH excluding ortho intramolecular Hbond substituents is 1. The zero-order chi connectivity index (χ0) is 42.1. The number of hydrogen-bond donors (Lipinski definition) is 5. The number of nitrogens with zero attached hydrogens (tertiary/aromatic N) is 1. The third-order valence-corrected chi connectivity index (χ3v) is 10.6. The van der Waals surface area contributed by atoms with Gasteiger partial charge in [-0.1, -0.05) is 91.0 Å². The van der Waals surface area contributed by atoms with Crippen LogP contribution >= 0.6 is 0 Å². The summed E-state index contributed by atoms with van der Waals surface area (Å²) in [5, 5.41) is 30.2. The topological polar surface area (TPSA) is 149 Å². The van der Waals surface area contributed by atoms with E-state index in [1.165, 1.54) is 17.7 Å². The molecule has 1 saturated heterocycles. The number of aromatic hydroxyl groups is 1. The Morgan fingerprint density at radius 3 is 2.30 bits per heavy atom. The minimum Gasteiger partial charge on any atom is -0.506 e. The Kier molecular flexibility index (Phi) is 16.0. The molecule has 2 atom stereocenters. The summed E-state index contributed by atoms with van der Waals surface area (Å²) in [7, 11) is 1.66. The molecule has 5 aromatic carbocycles. The molecule has 0 aromatic heterocycles. The predicted molar refractivity (Wildman–Crippen MR) is 234 cm³/mol. The third-order valence-electron chi connectivity index (χ3n) is 10.6. The molecule has 1 heterocycles. The van der Waals surface area contributed by atoms with Crippen LogP contribution in [0.1, 0.15) is 75.0 Å². The van der Waals surface area contributed by atoms with Gasteiger partial charge in [0.1, 0.15) is 29.8 Å². The smallest absolute Gasteiger partial charge is 0.318 e. The van der Waals surface area contributed by atoms with Gasteiger partial charge in [-0.3, -0.25) is 19.3 Å². The summed E-state index contributed by atoms with van der Waals surface area (Å²) in [5.74, 6) is -0.394. The van der Waals surface area contributed by atoms with E-state index in [9.17, 15) is 24.6 Å². The Morgan fingerprint density at radius 1 is 0.867 bits per heavy atom. The maximum absolute atomic E-state index is 13.8. The van der Waals surface area contributed by atoms with Gasteiger partial charge in [-0.2, -0.15) is 0 Å². The maximum atomic E-state index is 13.8. The van der Waals surface area contributed by atoms with Gasteiger partial charge in [0.25, 0.3) is 5.91 Å². The molecule has 11 nitrogen and oxygen atoms in total. The minimum atomic E-state index is -0.901. The Morgan fingerprint density at radius 2 is 1.58 bits per heavy atom. The fourth-order valence-corrected chi connectivity index (χ4v) is 7.45. The van der Waals surface area contributed by atoms with Gasteiger partial charge in [0, 0.05) is 57.4 Å².